The second kappa shape index (κ2) is 8.27. The number of rotatable bonds is 7. The van der Waals surface area contributed by atoms with Gasteiger partial charge in [-0.05, 0) is 51.0 Å². The van der Waals surface area contributed by atoms with Gasteiger partial charge in [0.1, 0.15) is 11.6 Å². The molecular formula is C22H22FN5O3S. The fourth-order valence-electron chi connectivity index (χ4n) is 3.07. The maximum atomic E-state index is 14.7. The summed E-state index contributed by atoms with van der Waals surface area (Å²) in [5.41, 5.74) is 0.255. The molecule has 1 aliphatic rings. The first-order valence-corrected chi connectivity index (χ1v) is 11.6. The molecule has 10 heteroatoms. The van der Waals surface area contributed by atoms with Gasteiger partial charge in [-0.1, -0.05) is 12.1 Å². The number of pyridine rings is 1. The number of anilines is 2. The molecule has 0 radical (unpaired) electrons. The van der Waals surface area contributed by atoms with Crippen molar-refractivity contribution in [1.29, 1.82) is 0 Å². The van der Waals surface area contributed by atoms with Gasteiger partial charge in [-0.3, -0.25) is 19.5 Å². The van der Waals surface area contributed by atoms with Crippen LogP contribution >= 0.6 is 0 Å². The van der Waals surface area contributed by atoms with Crippen molar-refractivity contribution in [1.82, 2.24) is 15.0 Å². The molecule has 3 aromatic rings. The maximum Gasteiger partial charge on any atom is 0.236 e. The maximum absolute atomic E-state index is 14.7. The Hall–Kier alpha value is -3.40. The van der Waals surface area contributed by atoms with Gasteiger partial charge in [-0.2, -0.15) is 0 Å². The Morgan fingerprint density at radius 2 is 1.94 bits per heavy atom. The molecule has 0 bridgehead atoms. The van der Waals surface area contributed by atoms with Crippen LogP contribution in [0.25, 0.3) is 11.3 Å². The molecule has 2 N–H and O–H groups in total. The standard InChI is InChI=1S/C22H22FN5O3S/c1-22(2,19-4-3-5-20(27-19)28-32(30,31)15-7-8-15)21(29)26-17-9-6-14(12-16(17)23)18-13-24-10-11-25-18/h3-6,9-13,15H,7-8H2,1-2H3,(H,26,29)(H,27,28). The van der Waals surface area contributed by atoms with Crippen molar-refractivity contribution in [2.45, 2.75) is 37.4 Å². The predicted octanol–water partition coefficient (Wildman–Crippen LogP) is 3.50. The van der Waals surface area contributed by atoms with Crippen LogP contribution in [0, 0.1) is 5.82 Å². The van der Waals surface area contributed by atoms with Crippen LogP contribution in [0.15, 0.2) is 55.0 Å². The van der Waals surface area contributed by atoms with Crippen LogP contribution in [0.4, 0.5) is 15.9 Å². The number of hydrogen-bond acceptors (Lipinski definition) is 6. The number of hydrogen-bond donors (Lipinski definition) is 2. The average Bonchev–Trinajstić information content (AvgIpc) is 3.62. The van der Waals surface area contributed by atoms with E-state index < -0.39 is 32.4 Å². The number of sulfonamides is 1. The molecule has 1 amide bonds. The number of nitrogens with one attached hydrogen (secondary N) is 2. The van der Waals surface area contributed by atoms with E-state index in [-0.39, 0.29) is 11.5 Å². The lowest BCUT2D eigenvalue weighted by atomic mass is 9.87. The first-order valence-electron chi connectivity index (χ1n) is 10.0. The average molecular weight is 456 g/mol. The van der Waals surface area contributed by atoms with Crippen LogP contribution in [-0.4, -0.2) is 34.5 Å². The van der Waals surface area contributed by atoms with Crippen molar-refractivity contribution in [3.8, 4) is 11.3 Å². The number of nitrogens with zero attached hydrogens (tertiary/aromatic N) is 3. The molecular weight excluding hydrogens is 433 g/mol. The van der Waals surface area contributed by atoms with Gasteiger partial charge in [-0.25, -0.2) is 17.8 Å². The highest BCUT2D eigenvalue weighted by molar-refractivity contribution is 7.93. The Labute approximate surface area is 185 Å². The van der Waals surface area contributed by atoms with E-state index in [2.05, 4.69) is 25.0 Å². The molecule has 1 aliphatic carbocycles. The first-order chi connectivity index (χ1) is 15.2. The summed E-state index contributed by atoms with van der Waals surface area (Å²) >= 11 is 0. The van der Waals surface area contributed by atoms with Gasteiger partial charge in [0.15, 0.2) is 0 Å². The molecule has 0 atom stereocenters. The minimum absolute atomic E-state index is 0.0151. The lowest BCUT2D eigenvalue weighted by Gasteiger charge is -2.24. The van der Waals surface area contributed by atoms with E-state index in [4.69, 9.17) is 0 Å². The molecule has 0 unspecified atom stereocenters. The van der Waals surface area contributed by atoms with Crippen molar-refractivity contribution < 1.29 is 17.6 Å². The number of carbonyl (C=O) groups excluding carboxylic acids is 1. The van der Waals surface area contributed by atoms with E-state index in [1.807, 2.05) is 0 Å². The molecule has 0 saturated heterocycles. The highest BCUT2D eigenvalue weighted by Gasteiger charge is 2.37. The van der Waals surface area contributed by atoms with Gasteiger partial charge in [-0.15, -0.1) is 0 Å². The van der Waals surface area contributed by atoms with Gasteiger partial charge in [0.25, 0.3) is 0 Å². The van der Waals surface area contributed by atoms with E-state index in [9.17, 15) is 17.6 Å². The molecule has 4 rings (SSSR count). The molecule has 2 heterocycles. The molecule has 1 aromatic carbocycles. The summed E-state index contributed by atoms with van der Waals surface area (Å²) in [7, 11) is -3.48. The van der Waals surface area contributed by atoms with Crippen LogP contribution in [0.5, 0.6) is 0 Å². The van der Waals surface area contributed by atoms with Gasteiger partial charge in [0.05, 0.1) is 33.9 Å². The van der Waals surface area contributed by atoms with Crippen molar-refractivity contribution in [3.63, 3.8) is 0 Å². The molecule has 8 nitrogen and oxygen atoms in total. The molecule has 32 heavy (non-hydrogen) atoms. The zero-order chi connectivity index (χ0) is 22.9. The fraction of sp³-hybridized carbons (Fsp3) is 0.273. The van der Waals surface area contributed by atoms with Crippen LogP contribution in [0.1, 0.15) is 32.4 Å². The Bertz CT molecular complexity index is 1260. The lowest BCUT2D eigenvalue weighted by Crippen LogP contribution is -2.36. The summed E-state index contributed by atoms with van der Waals surface area (Å²) in [5.74, 6) is -0.954. The van der Waals surface area contributed by atoms with Crippen LogP contribution < -0.4 is 10.0 Å². The summed E-state index contributed by atoms with van der Waals surface area (Å²) in [4.78, 5) is 25.4. The summed E-state index contributed by atoms with van der Waals surface area (Å²) in [5, 5.41) is 2.20. The predicted molar refractivity (Wildman–Crippen MR) is 119 cm³/mol. The van der Waals surface area contributed by atoms with Crippen molar-refractivity contribution in [2.24, 2.45) is 0 Å². The van der Waals surface area contributed by atoms with Crippen LogP contribution in [-0.2, 0) is 20.2 Å². The van der Waals surface area contributed by atoms with Crippen LogP contribution in [0.3, 0.4) is 0 Å². The van der Waals surface area contributed by atoms with Gasteiger partial charge in [0.2, 0.25) is 15.9 Å². The van der Waals surface area contributed by atoms with Crippen molar-refractivity contribution >= 4 is 27.4 Å². The summed E-state index contributed by atoms with van der Waals surface area (Å²) in [6, 6.07) is 9.16. The Morgan fingerprint density at radius 1 is 1.16 bits per heavy atom. The summed E-state index contributed by atoms with van der Waals surface area (Å²) in [6.45, 7) is 3.27. The quantitative estimate of drug-likeness (QED) is 0.564. The van der Waals surface area contributed by atoms with Crippen molar-refractivity contribution in [2.75, 3.05) is 10.0 Å². The van der Waals surface area contributed by atoms with Gasteiger partial charge < -0.3 is 5.32 Å². The van der Waals surface area contributed by atoms with Crippen molar-refractivity contribution in [3.05, 3.63) is 66.5 Å². The number of carbonyl (C=O) groups is 1. The molecule has 1 fully saturated rings. The zero-order valence-electron chi connectivity index (χ0n) is 17.5. The third kappa shape index (κ3) is 4.59. The SMILES string of the molecule is CC(C)(C(=O)Nc1ccc(-c2cnccn2)cc1F)c1cccc(NS(=O)(=O)C2CC2)n1. The number of benzene rings is 1. The Balaban J connectivity index is 1.52. The Kier molecular flexibility index (Phi) is 5.64. The van der Waals surface area contributed by atoms with E-state index in [1.54, 1.807) is 32.0 Å². The summed E-state index contributed by atoms with van der Waals surface area (Å²) in [6.07, 6.45) is 5.81. The lowest BCUT2D eigenvalue weighted by molar-refractivity contribution is -0.120. The molecule has 0 spiro atoms. The number of aromatic nitrogens is 3. The molecule has 166 valence electrons. The highest BCUT2D eigenvalue weighted by atomic mass is 32.2. The normalized spacial score (nSPS) is 14.1. The molecule has 1 saturated carbocycles. The van der Waals surface area contributed by atoms with E-state index >= 15 is 0 Å². The molecule has 2 aromatic heterocycles. The fourth-order valence-corrected chi connectivity index (χ4v) is 4.39. The van der Waals surface area contributed by atoms with E-state index in [0.29, 0.717) is 29.8 Å². The Morgan fingerprint density at radius 3 is 2.59 bits per heavy atom. The minimum atomic E-state index is -3.48. The number of halogens is 1. The van der Waals surface area contributed by atoms with Gasteiger partial charge in [0, 0.05) is 18.0 Å². The minimum Gasteiger partial charge on any atom is -0.323 e. The first kappa shape index (κ1) is 21.8. The third-order valence-electron chi connectivity index (χ3n) is 5.24. The van der Waals surface area contributed by atoms with E-state index in [0.717, 1.165) is 0 Å². The molecule has 0 aliphatic heterocycles. The monoisotopic (exact) mass is 455 g/mol. The summed E-state index contributed by atoms with van der Waals surface area (Å²) < 4.78 is 41.5. The second-order valence-electron chi connectivity index (χ2n) is 8.12. The topological polar surface area (TPSA) is 114 Å². The van der Waals surface area contributed by atoms with Gasteiger partial charge >= 0.3 is 0 Å². The highest BCUT2D eigenvalue weighted by Crippen LogP contribution is 2.31. The smallest absolute Gasteiger partial charge is 0.236 e. The van der Waals surface area contributed by atoms with Crippen LogP contribution in [0.2, 0.25) is 0 Å². The zero-order valence-corrected chi connectivity index (χ0v) is 18.4. The van der Waals surface area contributed by atoms with E-state index in [1.165, 1.54) is 36.8 Å². The third-order valence-corrected chi connectivity index (χ3v) is 7.09. The number of amides is 1. The second-order valence-corrected chi connectivity index (χ2v) is 10.1. The largest absolute Gasteiger partial charge is 0.323 e.